The molecule has 0 heterocycles. The molecule has 0 bridgehead atoms. The zero-order chi connectivity index (χ0) is 27.7. The van der Waals surface area contributed by atoms with Crippen molar-refractivity contribution in [2.75, 3.05) is 24.5 Å². The number of rotatable bonds is 12. The van der Waals surface area contributed by atoms with Gasteiger partial charge in [0.15, 0.2) is 0 Å². The molecule has 8 nitrogen and oxygen atoms in total. The molecule has 0 aliphatic rings. The summed E-state index contributed by atoms with van der Waals surface area (Å²) < 4.78 is 47.2. The quantitative estimate of drug-likeness (QED) is 0.374. The first-order chi connectivity index (χ1) is 18.2. The molecule has 3 aromatic carbocycles. The highest BCUT2D eigenvalue weighted by molar-refractivity contribution is 7.92. The summed E-state index contributed by atoms with van der Waals surface area (Å²) in [5.41, 5.74) is 0.820. The predicted octanol–water partition coefficient (Wildman–Crippen LogP) is 3.97. The number of sulfonamides is 1. The Labute approximate surface area is 223 Å². The lowest BCUT2D eigenvalue weighted by atomic mass is 10.1. The monoisotopic (exact) mass is 541 g/mol. The molecule has 0 aliphatic heterocycles. The summed E-state index contributed by atoms with van der Waals surface area (Å²) in [5.74, 6) is -0.992. The third-order valence-corrected chi connectivity index (χ3v) is 7.72. The van der Waals surface area contributed by atoms with E-state index in [1.807, 2.05) is 6.92 Å². The van der Waals surface area contributed by atoms with Crippen molar-refractivity contribution in [2.24, 2.45) is 0 Å². The largest absolute Gasteiger partial charge is 0.497 e. The van der Waals surface area contributed by atoms with Gasteiger partial charge < -0.3 is 15.0 Å². The lowest BCUT2D eigenvalue weighted by Gasteiger charge is -2.32. The van der Waals surface area contributed by atoms with Gasteiger partial charge in [-0.25, -0.2) is 12.8 Å². The first-order valence-electron chi connectivity index (χ1n) is 12.2. The second-order valence-electron chi connectivity index (χ2n) is 8.64. The van der Waals surface area contributed by atoms with Crippen LogP contribution in [0.2, 0.25) is 0 Å². The Balaban J connectivity index is 2.02. The number of ether oxygens (including phenoxy) is 1. The topological polar surface area (TPSA) is 96.0 Å². The Hall–Kier alpha value is -3.92. The van der Waals surface area contributed by atoms with Gasteiger partial charge in [-0.3, -0.25) is 13.9 Å². The maximum absolute atomic E-state index is 13.8. The van der Waals surface area contributed by atoms with E-state index < -0.39 is 34.3 Å². The van der Waals surface area contributed by atoms with Crippen LogP contribution in [0.15, 0.2) is 83.8 Å². The Bertz CT molecular complexity index is 1330. The number of carbonyl (C=O) groups is 2. The SMILES string of the molecule is CCCNC(=O)[C@H](C)N(Cc1ccc(F)cc1)C(=O)CN(c1cccc(OC)c1)S(=O)(=O)c1ccccc1. The molecule has 202 valence electrons. The van der Waals surface area contributed by atoms with Crippen LogP contribution in [0.25, 0.3) is 0 Å². The maximum atomic E-state index is 13.8. The first-order valence-corrected chi connectivity index (χ1v) is 13.6. The second-order valence-corrected chi connectivity index (χ2v) is 10.5. The lowest BCUT2D eigenvalue weighted by Crippen LogP contribution is -2.51. The van der Waals surface area contributed by atoms with Crippen LogP contribution in [0.5, 0.6) is 5.75 Å². The smallest absolute Gasteiger partial charge is 0.264 e. The van der Waals surface area contributed by atoms with E-state index >= 15 is 0 Å². The number of nitrogens with one attached hydrogen (secondary N) is 1. The molecule has 0 aromatic heterocycles. The van der Waals surface area contributed by atoms with Gasteiger partial charge in [-0.1, -0.05) is 43.3 Å². The average molecular weight is 542 g/mol. The number of hydrogen-bond donors (Lipinski definition) is 1. The summed E-state index contributed by atoms with van der Waals surface area (Å²) in [6, 6.07) is 18.8. The fourth-order valence-electron chi connectivity index (χ4n) is 3.78. The van der Waals surface area contributed by atoms with Crippen LogP contribution >= 0.6 is 0 Å². The van der Waals surface area contributed by atoms with Gasteiger partial charge in [0.25, 0.3) is 10.0 Å². The number of nitrogens with zero attached hydrogens (tertiary/aromatic N) is 2. The molecule has 0 saturated heterocycles. The molecular weight excluding hydrogens is 509 g/mol. The van der Waals surface area contributed by atoms with Crippen molar-refractivity contribution in [1.29, 1.82) is 0 Å². The molecule has 38 heavy (non-hydrogen) atoms. The molecular formula is C28H32FN3O5S. The average Bonchev–Trinajstić information content (AvgIpc) is 2.94. The van der Waals surface area contributed by atoms with Crippen molar-refractivity contribution < 1.29 is 27.1 Å². The Morgan fingerprint density at radius 1 is 1.00 bits per heavy atom. The van der Waals surface area contributed by atoms with Gasteiger partial charge >= 0.3 is 0 Å². The summed E-state index contributed by atoms with van der Waals surface area (Å²) >= 11 is 0. The van der Waals surface area contributed by atoms with Gasteiger partial charge in [-0.2, -0.15) is 0 Å². The number of amides is 2. The van der Waals surface area contributed by atoms with Gasteiger partial charge in [-0.05, 0) is 55.3 Å². The maximum Gasteiger partial charge on any atom is 0.264 e. The number of methoxy groups -OCH3 is 1. The number of halogens is 1. The van der Waals surface area contributed by atoms with Crippen LogP contribution in [-0.4, -0.2) is 51.4 Å². The minimum atomic E-state index is -4.17. The molecule has 3 aromatic rings. The molecule has 0 spiro atoms. The van der Waals surface area contributed by atoms with Crippen molar-refractivity contribution in [1.82, 2.24) is 10.2 Å². The van der Waals surface area contributed by atoms with Crippen LogP contribution in [0, 0.1) is 5.82 Å². The fourth-order valence-corrected chi connectivity index (χ4v) is 5.21. The molecule has 0 saturated carbocycles. The van der Waals surface area contributed by atoms with Crippen molar-refractivity contribution >= 4 is 27.5 Å². The van der Waals surface area contributed by atoms with Crippen molar-refractivity contribution in [2.45, 2.75) is 37.8 Å². The fraction of sp³-hybridized carbons (Fsp3) is 0.286. The predicted molar refractivity (Wildman–Crippen MR) is 144 cm³/mol. The van der Waals surface area contributed by atoms with Gasteiger partial charge in [0, 0.05) is 19.2 Å². The van der Waals surface area contributed by atoms with Crippen LogP contribution < -0.4 is 14.4 Å². The Morgan fingerprint density at radius 3 is 2.32 bits per heavy atom. The molecule has 0 radical (unpaired) electrons. The summed E-state index contributed by atoms with van der Waals surface area (Å²) in [7, 11) is -2.71. The minimum Gasteiger partial charge on any atom is -0.497 e. The highest BCUT2D eigenvalue weighted by atomic mass is 32.2. The molecule has 0 fully saturated rings. The summed E-state index contributed by atoms with van der Waals surface area (Å²) in [5, 5.41) is 2.78. The van der Waals surface area contributed by atoms with Gasteiger partial charge in [0.2, 0.25) is 11.8 Å². The summed E-state index contributed by atoms with van der Waals surface area (Å²) in [4.78, 5) is 27.9. The zero-order valence-electron chi connectivity index (χ0n) is 21.6. The highest BCUT2D eigenvalue weighted by Crippen LogP contribution is 2.27. The Morgan fingerprint density at radius 2 is 1.68 bits per heavy atom. The van der Waals surface area contributed by atoms with E-state index in [1.165, 1.54) is 54.5 Å². The van der Waals surface area contributed by atoms with Gasteiger partial charge in [0.1, 0.15) is 24.2 Å². The van der Waals surface area contributed by atoms with E-state index in [4.69, 9.17) is 4.74 Å². The van der Waals surface area contributed by atoms with E-state index in [0.29, 0.717) is 24.3 Å². The minimum absolute atomic E-state index is 0.00874. The normalized spacial score (nSPS) is 11.9. The number of benzene rings is 3. The molecule has 3 rings (SSSR count). The third-order valence-electron chi connectivity index (χ3n) is 5.93. The molecule has 0 unspecified atom stereocenters. The van der Waals surface area contributed by atoms with Crippen LogP contribution in [-0.2, 0) is 26.2 Å². The van der Waals surface area contributed by atoms with E-state index in [9.17, 15) is 22.4 Å². The molecule has 1 N–H and O–H groups in total. The van der Waals surface area contributed by atoms with Crippen LogP contribution in [0.3, 0.4) is 0 Å². The Kier molecular flexibility index (Phi) is 9.84. The van der Waals surface area contributed by atoms with Gasteiger partial charge in [0.05, 0.1) is 17.7 Å². The van der Waals surface area contributed by atoms with Gasteiger partial charge in [-0.15, -0.1) is 0 Å². The van der Waals surface area contributed by atoms with E-state index in [2.05, 4.69) is 5.32 Å². The summed E-state index contributed by atoms with van der Waals surface area (Å²) in [6.07, 6.45) is 0.712. The lowest BCUT2D eigenvalue weighted by molar-refractivity contribution is -0.139. The van der Waals surface area contributed by atoms with E-state index in [-0.39, 0.29) is 23.0 Å². The first kappa shape index (κ1) is 28.6. The molecule has 2 amide bonds. The van der Waals surface area contributed by atoms with E-state index in [1.54, 1.807) is 43.3 Å². The highest BCUT2D eigenvalue weighted by Gasteiger charge is 2.32. The van der Waals surface area contributed by atoms with Crippen molar-refractivity contribution in [3.05, 3.63) is 90.2 Å². The summed E-state index contributed by atoms with van der Waals surface area (Å²) in [6.45, 7) is 3.33. The molecule has 0 aliphatic carbocycles. The van der Waals surface area contributed by atoms with Crippen LogP contribution in [0.4, 0.5) is 10.1 Å². The van der Waals surface area contributed by atoms with Crippen molar-refractivity contribution in [3.63, 3.8) is 0 Å². The number of anilines is 1. The number of hydrogen-bond acceptors (Lipinski definition) is 5. The zero-order valence-corrected chi connectivity index (χ0v) is 22.4. The van der Waals surface area contributed by atoms with Crippen molar-refractivity contribution in [3.8, 4) is 5.75 Å². The van der Waals surface area contributed by atoms with Crippen LogP contribution in [0.1, 0.15) is 25.8 Å². The molecule has 10 heteroatoms. The van der Waals surface area contributed by atoms with E-state index in [0.717, 1.165) is 4.31 Å². The molecule has 1 atom stereocenters. The third kappa shape index (κ3) is 7.10. The standard InChI is InChI=1S/C28H32FN3O5S/c1-4-17-30-28(34)21(2)31(19-22-13-15-23(29)16-14-22)27(33)20-32(24-9-8-10-25(18-24)37-3)38(35,36)26-11-6-5-7-12-26/h5-16,18,21H,4,17,19-20H2,1-3H3,(H,30,34)/t21-/m0/s1. The second kappa shape index (κ2) is 13.0. The number of carbonyl (C=O) groups excluding carboxylic acids is 2.